The number of nitrogens with two attached hydrogens (primary N) is 1. The molecule has 0 aliphatic heterocycles. The number of benzene rings is 1. The number of rotatable bonds is 4. The SMILES string of the molecule is Br.CCCC(N)Cc1ccccc1. The quantitative estimate of drug-likeness (QED) is 0.865. The third kappa shape index (κ3) is 5.06. The Kier molecular flexibility index (Phi) is 6.92. The molecular formula is C11H18BrN. The van der Waals surface area contributed by atoms with Gasteiger partial charge in [-0.3, -0.25) is 0 Å². The summed E-state index contributed by atoms with van der Waals surface area (Å²) < 4.78 is 0. The van der Waals surface area contributed by atoms with Crippen LogP contribution in [-0.4, -0.2) is 6.04 Å². The average Bonchev–Trinajstić information content (AvgIpc) is 2.06. The van der Waals surface area contributed by atoms with Crippen molar-refractivity contribution >= 4 is 17.0 Å². The van der Waals surface area contributed by atoms with Gasteiger partial charge in [-0.05, 0) is 18.4 Å². The van der Waals surface area contributed by atoms with Crippen LogP contribution >= 0.6 is 17.0 Å². The minimum atomic E-state index is 0. The second-order valence-corrected chi connectivity index (χ2v) is 3.24. The minimum Gasteiger partial charge on any atom is -0.327 e. The van der Waals surface area contributed by atoms with E-state index in [2.05, 4.69) is 31.2 Å². The molecule has 0 aromatic heterocycles. The highest BCUT2D eigenvalue weighted by atomic mass is 79.9. The van der Waals surface area contributed by atoms with E-state index >= 15 is 0 Å². The van der Waals surface area contributed by atoms with Crippen molar-refractivity contribution in [2.45, 2.75) is 32.2 Å². The molecule has 1 aromatic carbocycles. The van der Waals surface area contributed by atoms with E-state index in [1.165, 1.54) is 12.0 Å². The van der Waals surface area contributed by atoms with Crippen LogP contribution in [0.5, 0.6) is 0 Å². The van der Waals surface area contributed by atoms with Gasteiger partial charge in [0.15, 0.2) is 0 Å². The first-order chi connectivity index (χ1) is 5.83. The van der Waals surface area contributed by atoms with Gasteiger partial charge in [0.25, 0.3) is 0 Å². The Morgan fingerprint density at radius 3 is 2.38 bits per heavy atom. The Balaban J connectivity index is 0.00000144. The first kappa shape index (κ1) is 12.7. The molecule has 1 aromatic rings. The molecule has 1 nitrogen and oxygen atoms in total. The van der Waals surface area contributed by atoms with Gasteiger partial charge in [0.05, 0.1) is 0 Å². The van der Waals surface area contributed by atoms with Crippen LogP contribution in [0.4, 0.5) is 0 Å². The van der Waals surface area contributed by atoms with Crippen molar-refractivity contribution in [2.75, 3.05) is 0 Å². The summed E-state index contributed by atoms with van der Waals surface area (Å²) in [4.78, 5) is 0. The molecule has 0 spiro atoms. The van der Waals surface area contributed by atoms with Crippen molar-refractivity contribution in [1.29, 1.82) is 0 Å². The average molecular weight is 244 g/mol. The molecule has 1 unspecified atom stereocenters. The highest BCUT2D eigenvalue weighted by molar-refractivity contribution is 8.93. The fraction of sp³-hybridized carbons (Fsp3) is 0.455. The normalized spacial score (nSPS) is 11.8. The highest BCUT2D eigenvalue weighted by Gasteiger charge is 2.00. The molecule has 0 bridgehead atoms. The van der Waals surface area contributed by atoms with Crippen LogP contribution in [0.3, 0.4) is 0 Å². The smallest absolute Gasteiger partial charge is 0.00792 e. The molecule has 0 radical (unpaired) electrons. The van der Waals surface area contributed by atoms with Crippen molar-refractivity contribution in [1.82, 2.24) is 0 Å². The molecule has 2 N–H and O–H groups in total. The zero-order valence-corrected chi connectivity index (χ0v) is 9.78. The maximum absolute atomic E-state index is 5.92. The molecule has 13 heavy (non-hydrogen) atoms. The fourth-order valence-corrected chi connectivity index (χ4v) is 1.39. The Bertz CT molecular complexity index is 211. The molecular weight excluding hydrogens is 226 g/mol. The van der Waals surface area contributed by atoms with Crippen LogP contribution in [0.25, 0.3) is 0 Å². The van der Waals surface area contributed by atoms with Crippen LogP contribution in [0.2, 0.25) is 0 Å². The monoisotopic (exact) mass is 243 g/mol. The number of halogens is 1. The fourth-order valence-electron chi connectivity index (χ4n) is 1.39. The molecule has 1 atom stereocenters. The maximum Gasteiger partial charge on any atom is 0.00792 e. The Labute approximate surface area is 91.1 Å². The van der Waals surface area contributed by atoms with E-state index in [0.717, 1.165) is 12.8 Å². The number of hydrogen-bond acceptors (Lipinski definition) is 1. The van der Waals surface area contributed by atoms with Crippen molar-refractivity contribution in [2.24, 2.45) is 5.73 Å². The largest absolute Gasteiger partial charge is 0.327 e. The van der Waals surface area contributed by atoms with E-state index in [1.54, 1.807) is 0 Å². The second-order valence-electron chi connectivity index (χ2n) is 3.24. The predicted molar refractivity (Wildman–Crippen MR) is 63.4 cm³/mol. The standard InChI is InChI=1S/C11H17N.BrH/c1-2-6-11(12)9-10-7-4-3-5-8-10;/h3-5,7-8,11H,2,6,9,12H2,1H3;1H. The zero-order valence-electron chi connectivity index (χ0n) is 8.07. The first-order valence-corrected chi connectivity index (χ1v) is 4.62. The molecule has 74 valence electrons. The summed E-state index contributed by atoms with van der Waals surface area (Å²) in [5, 5.41) is 0. The Hall–Kier alpha value is -0.340. The lowest BCUT2D eigenvalue weighted by atomic mass is 10.0. The summed E-state index contributed by atoms with van der Waals surface area (Å²) in [6, 6.07) is 10.8. The van der Waals surface area contributed by atoms with Crippen LogP contribution in [-0.2, 0) is 6.42 Å². The van der Waals surface area contributed by atoms with E-state index in [-0.39, 0.29) is 17.0 Å². The van der Waals surface area contributed by atoms with Crippen LogP contribution in [0, 0.1) is 0 Å². The van der Waals surface area contributed by atoms with Gasteiger partial charge in [-0.15, -0.1) is 17.0 Å². The third-order valence-corrected chi connectivity index (χ3v) is 2.00. The summed E-state index contributed by atoms with van der Waals surface area (Å²) in [6.07, 6.45) is 3.30. The van der Waals surface area contributed by atoms with Crippen LogP contribution in [0.15, 0.2) is 30.3 Å². The van der Waals surface area contributed by atoms with Gasteiger partial charge >= 0.3 is 0 Å². The molecule has 1 rings (SSSR count). The molecule has 0 fully saturated rings. The summed E-state index contributed by atoms with van der Waals surface area (Å²) in [6.45, 7) is 2.17. The van der Waals surface area contributed by atoms with E-state index in [1.807, 2.05) is 6.07 Å². The van der Waals surface area contributed by atoms with Gasteiger partial charge < -0.3 is 5.73 Å². The molecule has 0 saturated heterocycles. The Morgan fingerprint density at radius 1 is 1.23 bits per heavy atom. The van der Waals surface area contributed by atoms with Gasteiger partial charge in [-0.2, -0.15) is 0 Å². The lowest BCUT2D eigenvalue weighted by Crippen LogP contribution is -2.22. The van der Waals surface area contributed by atoms with E-state index in [4.69, 9.17) is 5.73 Å². The van der Waals surface area contributed by atoms with Gasteiger partial charge in [-0.25, -0.2) is 0 Å². The summed E-state index contributed by atoms with van der Waals surface area (Å²) in [5.41, 5.74) is 7.26. The summed E-state index contributed by atoms with van der Waals surface area (Å²) in [5.74, 6) is 0. The minimum absolute atomic E-state index is 0. The van der Waals surface area contributed by atoms with Crippen molar-refractivity contribution in [3.63, 3.8) is 0 Å². The van der Waals surface area contributed by atoms with Gasteiger partial charge in [-0.1, -0.05) is 43.7 Å². The van der Waals surface area contributed by atoms with Crippen molar-refractivity contribution < 1.29 is 0 Å². The molecule has 2 heteroatoms. The highest BCUT2D eigenvalue weighted by Crippen LogP contribution is 2.04. The molecule has 0 amide bonds. The lowest BCUT2D eigenvalue weighted by molar-refractivity contribution is 0.600. The summed E-state index contributed by atoms with van der Waals surface area (Å²) >= 11 is 0. The van der Waals surface area contributed by atoms with Crippen LogP contribution < -0.4 is 5.73 Å². The third-order valence-electron chi connectivity index (χ3n) is 2.00. The number of hydrogen-bond donors (Lipinski definition) is 1. The van der Waals surface area contributed by atoms with E-state index < -0.39 is 0 Å². The van der Waals surface area contributed by atoms with Gasteiger partial charge in [0, 0.05) is 6.04 Å². The Morgan fingerprint density at radius 2 is 1.85 bits per heavy atom. The van der Waals surface area contributed by atoms with E-state index in [0.29, 0.717) is 6.04 Å². The molecule has 0 aliphatic carbocycles. The van der Waals surface area contributed by atoms with Crippen molar-refractivity contribution in [3.8, 4) is 0 Å². The summed E-state index contributed by atoms with van der Waals surface area (Å²) in [7, 11) is 0. The van der Waals surface area contributed by atoms with Gasteiger partial charge in [0.2, 0.25) is 0 Å². The zero-order chi connectivity index (χ0) is 8.81. The molecule has 0 aliphatic rings. The maximum atomic E-state index is 5.92. The molecule has 0 heterocycles. The second kappa shape index (κ2) is 7.10. The van der Waals surface area contributed by atoms with Crippen LogP contribution in [0.1, 0.15) is 25.3 Å². The predicted octanol–water partition coefficient (Wildman–Crippen LogP) is 2.93. The van der Waals surface area contributed by atoms with Crippen molar-refractivity contribution in [3.05, 3.63) is 35.9 Å². The molecule has 0 saturated carbocycles. The van der Waals surface area contributed by atoms with Gasteiger partial charge in [0.1, 0.15) is 0 Å². The first-order valence-electron chi connectivity index (χ1n) is 4.62. The lowest BCUT2D eigenvalue weighted by Gasteiger charge is -2.09. The van der Waals surface area contributed by atoms with E-state index in [9.17, 15) is 0 Å². The topological polar surface area (TPSA) is 26.0 Å².